The van der Waals surface area contributed by atoms with E-state index in [1.54, 1.807) is 0 Å². The predicted molar refractivity (Wildman–Crippen MR) is 75.0 cm³/mol. The van der Waals surface area contributed by atoms with Crippen molar-refractivity contribution in [1.29, 1.82) is 0 Å². The first-order valence-corrected chi connectivity index (χ1v) is 6.85. The second-order valence-electron chi connectivity index (χ2n) is 4.82. The average molecular weight is 249 g/mol. The van der Waals surface area contributed by atoms with Gasteiger partial charge in [0.25, 0.3) is 0 Å². The number of hydrogen-bond donors (Lipinski definition) is 2. The monoisotopic (exact) mass is 249 g/mol. The van der Waals surface area contributed by atoms with Gasteiger partial charge in [-0.05, 0) is 44.7 Å². The Morgan fingerprint density at radius 1 is 1.33 bits per heavy atom. The minimum atomic E-state index is 0.443. The minimum absolute atomic E-state index is 0.443. The number of nitrogens with zero attached hydrogens (tertiary/aromatic N) is 1. The number of anilines is 2. The third kappa shape index (κ3) is 3.60. The van der Waals surface area contributed by atoms with E-state index in [0.29, 0.717) is 12.0 Å². The summed E-state index contributed by atoms with van der Waals surface area (Å²) >= 11 is 0. The van der Waals surface area contributed by atoms with Gasteiger partial charge in [0.15, 0.2) is 0 Å². The summed E-state index contributed by atoms with van der Waals surface area (Å²) in [4.78, 5) is 4.54. The third-order valence-corrected chi connectivity index (χ3v) is 3.46. The van der Waals surface area contributed by atoms with E-state index in [-0.39, 0.29) is 0 Å². The van der Waals surface area contributed by atoms with Gasteiger partial charge < -0.3 is 15.4 Å². The molecule has 1 atom stereocenters. The van der Waals surface area contributed by atoms with Crippen LogP contribution in [0.3, 0.4) is 0 Å². The van der Waals surface area contributed by atoms with Gasteiger partial charge in [-0.2, -0.15) is 0 Å². The molecule has 4 heteroatoms. The largest absolute Gasteiger partial charge is 0.381 e. The highest BCUT2D eigenvalue weighted by molar-refractivity contribution is 5.45. The summed E-state index contributed by atoms with van der Waals surface area (Å²) in [6, 6.07) is 6.49. The lowest BCUT2D eigenvalue weighted by molar-refractivity contribution is 0.0622. The van der Waals surface area contributed by atoms with E-state index in [9.17, 15) is 0 Å². The minimum Gasteiger partial charge on any atom is -0.381 e. The quantitative estimate of drug-likeness (QED) is 0.842. The van der Waals surface area contributed by atoms with Crippen LogP contribution >= 0.6 is 0 Å². The smallest absolute Gasteiger partial charge is 0.128 e. The van der Waals surface area contributed by atoms with Crippen LogP contribution in [0.2, 0.25) is 0 Å². The van der Waals surface area contributed by atoms with Gasteiger partial charge in [0.05, 0.1) is 0 Å². The van der Waals surface area contributed by atoms with E-state index in [1.807, 2.05) is 18.2 Å². The second-order valence-corrected chi connectivity index (χ2v) is 4.82. The third-order valence-electron chi connectivity index (χ3n) is 3.46. The Morgan fingerprint density at radius 3 is 2.78 bits per heavy atom. The normalized spacial score (nSPS) is 18.3. The van der Waals surface area contributed by atoms with Crippen molar-refractivity contribution in [3.63, 3.8) is 0 Å². The molecule has 1 aromatic heterocycles. The van der Waals surface area contributed by atoms with E-state index < -0.39 is 0 Å². The fraction of sp³-hybridized carbons (Fsp3) is 0.643. The van der Waals surface area contributed by atoms with Crippen molar-refractivity contribution in [3.8, 4) is 0 Å². The van der Waals surface area contributed by atoms with Crippen LogP contribution in [0.5, 0.6) is 0 Å². The van der Waals surface area contributed by atoms with Crippen molar-refractivity contribution in [2.45, 2.75) is 32.7 Å². The maximum atomic E-state index is 5.40. The Hall–Kier alpha value is -1.29. The van der Waals surface area contributed by atoms with Gasteiger partial charge in [0, 0.05) is 25.8 Å². The molecule has 1 fully saturated rings. The zero-order valence-electron chi connectivity index (χ0n) is 11.3. The summed E-state index contributed by atoms with van der Waals surface area (Å²) in [6.07, 6.45) is 2.28. The van der Waals surface area contributed by atoms with Gasteiger partial charge in [0.1, 0.15) is 11.6 Å². The number of rotatable bonds is 5. The molecule has 0 bridgehead atoms. The van der Waals surface area contributed by atoms with Crippen LogP contribution in [0.25, 0.3) is 0 Å². The Bertz CT molecular complexity index is 364. The molecule has 2 heterocycles. The maximum Gasteiger partial charge on any atom is 0.128 e. The summed E-state index contributed by atoms with van der Waals surface area (Å²) < 4.78 is 5.40. The Labute approximate surface area is 109 Å². The Balaban J connectivity index is 1.93. The summed E-state index contributed by atoms with van der Waals surface area (Å²) in [5, 5.41) is 6.73. The Morgan fingerprint density at radius 2 is 2.06 bits per heavy atom. The zero-order chi connectivity index (χ0) is 12.8. The van der Waals surface area contributed by atoms with Crippen LogP contribution in [0, 0.1) is 5.92 Å². The fourth-order valence-electron chi connectivity index (χ4n) is 2.36. The van der Waals surface area contributed by atoms with E-state index >= 15 is 0 Å². The van der Waals surface area contributed by atoms with Crippen LogP contribution in [0.1, 0.15) is 26.7 Å². The highest BCUT2D eigenvalue weighted by atomic mass is 16.5. The lowest BCUT2D eigenvalue weighted by Crippen LogP contribution is -2.31. The van der Waals surface area contributed by atoms with Gasteiger partial charge in [-0.3, -0.25) is 0 Å². The van der Waals surface area contributed by atoms with Crippen molar-refractivity contribution in [3.05, 3.63) is 18.2 Å². The lowest BCUT2D eigenvalue weighted by Gasteiger charge is -2.28. The second kappa shape index (κ2) is 6.59. The fourth-order valence-corrected chi connectivity index (χ4v) is 2.36. The highest BCUT2D eigenvalue weighted by Crippen LogP contribution is 2.21. The van der Waals surface area contributed by atoms with Crippen LogP contribution in [0.4, 0.5) is 11.6 Å². The topological polar surface area (TPSA) is 46.2 Å². The van der Waals surface area contributed by atoms with Crippen molar-refractivity contribution < 1.29 is 4.74 Å². The molecule has 0 aromatic carbocycles. The average Bonchev–Trinajstić information content (AvgIpc) is 2.40. The van der Waals surface area contributed by atoms with Gasteiger partial charge in [0.2, 0.25) is 0 Å². The van der Waals surface area contributed by atoms with Crippen molar-refractivity contribution in [1.82, 2.24) is 4.98 Å². The molecule has 18 heavy (non-hydrogen) atoms. The summed E-state index contributed by atoms with van der Waals surface area (Å²) in [6.45, 7) is 6.99. The van der Waals surface area contributed by atoms with Gasteiger partial charge >= 0.3 is 0 Å². The molecule has 1 aliphatic heterocycles. The van der Waals surface area contributed by atoms with Crippen LogP contribution in [-0.2, 0) is 4.74 Å². The molecule has 0 aliphatic carbocycles. The molecule has 1 unspecified atom stereocenters. The van der Waals surface area contributed by atoms with Gasteiger partial charge in [-0.15, -0.1) is 0 Å². The first kappa shape index (κ1) is 13.1. The number of aromatic nitrogens is 1. The van der Waals surface area contributed by atoms with Gasteiger partial charge in [-0.1, -0.05) is 6.07 Å². The van der Waals surface area contributed by atoms with Crippen molar-refractivity contribution in [2.75, 3.05) is 30.4 Å². The Kier molecular flexibility index (Phi) is 4.81. The molecule has 0 spiro atoms. The van der Waals surface area contributed by atoms with Crippen molar-refractivity contribution in [2.24, 2.45) is 5.92 Å². The molecule has 4 nitrogen and oxygen atoms in total. The molecule has 0 radical (unpaired) electrons. The van der Waals surface area contributed by atoms with E-state index in [1.165, 1.54) is 0 Å². The molecular weight excluding hydrogens is 226 g/mol. The molecule has 0 amide bonds. The summed E-state index contributed by atoms with van der Waals surface area (Å²) in [5.41, 5.74) is 0. The zero-order valence-corrected chi connectivity index (χ0v) is 11.3. The molecule has 2 rings (SSSR count). The molecule has 0 saturated carbocycles. The first-order valence-electron chi connectivity index (χ1n) is 6.85. The van der Waals surface area contributed by atoms with E-state index in [0.717, 1.165) is 44.2 Å². The SMILES string of the molecule is CCNc1cccc(NC(C)C2CCOCC2)n1. The molecule has 2 N–H and O–H groups in total. The maximum absolute atomic E-state index is 5.40. The standard InChI is InChI=1S/C14H23N3O/c1-3-15-13-5-4-6-14(17-13)16-11(2)12-7-9-18-10-8-12/h4-6,11-12H,3,7-10H2,1-2H3,(H2,15,16,17). The van der Waals surface area contributed by atoms with Crippen LogP contribution < -0.4 is 10.6 Å². The number of nitrogens with one attached hydrogen (secondary N) is 2. The molecule has 100 valence electrons. The number of hydrogen-bond acceptors (Lipinski definition) is 4. The summed E-state index contributed by atoms with van der Waals surface area (Å²) in [5.74, 6) is 2.57. The lowest BCUT2D eigenvalue weighted by atomic mass is 9.93. The van der Waals surface area contributed by atoms with Crippen molar-refractivity contribution >= 4 is 11.6 Å². The number of pyridine rings is 1. The van der Waals surface area contributed by atoms with Crippen LogP contribution in [-0.4, -0.2) is 30.8 Å². The summed E-state index contributed by atoms with van der Waals surface area (Å²) in [7, 11) is 0. The van der Waals surface area contributed by atoms with Gasteiger partial charge in [-0.25, -0.2) is 4.98 Å². The number of ether oxygens (including phenoxy) is 1. The van der Waals surface area contributed by atoms with E-state index in [2.05, 4.69) is 29.5 Å². The highest BCUT2D eigenvalue weighted by Gasteiger charge is 2.20. The first-order chi connectivity index (χ1) is 8.79. The molecule has 1 saturated heterocycles. The van der Waals surface area contributed by atoms with E-state index in [4.69, 9.17) is 4.74 Å². The van der Waals surface area contributed by atoms with Crippen LogP contribution in [0.15, 0.2) is 18.2 Å². The molecule has 1 aliphatic rings. The molecule has 1 aromatic rings. The molecular formula is C14H23N3O. The predicted octanol–water partition coefficient (Wildman–Crippen LogP) is 2.74.